The summed E-state index contributed by atoms with van der Waals surface area (Å²) in [6.07, 6.45) is 0. The summed E-state index contributed by atoms with van der Waals surface area (Å²) in [5, 5.41) is 5.08. The molecule has 2 heterocycles. The Labute approximate surface area is 268 Å². The third-order valence-corrected chi connectivity index (χ3v) is 9.60. The summed E-state index contributed by atoms with van der Waals surface area (Å²) in [6.45, 7) is 4.46. The number of aromatic nitrogens is 2. The number of aryl methyl sites for hydroxylation is 2. The lowest BCUT2D eigenvalue weighted by Crippen LogP contribution is -1.93. The van der Waals surface area contributed by atoms with Crippen molar-refractivity contribution in [2.45, 2.75) is 13.8 Å². The van der Waals surface area contributed by atoms with Crippen LogP contribution in [0.5, 0.6) is 0 Å². The van der Waals surface area contributed by atoms with Crippen LogP contribution in [-0.2, 0) is 0 Å². The van der Waals surface area contributed by atoms with Gasteiger partial charge < -0.3 is 9.55 Å². The summed E-state index contributed by atoms with van der Waals surface area (Å²) in [5.41, 5.74) is 16.1. The number of hydrogen-bond donors (Lipinski definition) is 1. The van der Waals surface area contributed by atoms with Crippen LogP contribution < -0.4 is 0 Å². The molecule has 2 heteroatoms. The molecular weight excluding hydrogens is 556 g/mol. The lowest BCUT2D eigenvalue weighted by Gasteiger charge is -2.14. The number of H-pyrrole nitrogens is 1. The van der Waals surface area contributed by atoms with Gasteiger partial charge in [0.15, 0.2) is 0 Å². The highest BCUT2D eigenvalue weighted by molar-refractivity contribution is 6.11. The van der Waals surface area contributed by atoms with Crippen LogP contribution in [0.25, 0.3) is 82.7 Å². The van der Waals surface area contributed by atoms with Gasteiger partial charge in [-0.15, -0.1) is 0 Å². The Bertz CT molecular complexity index is 2600. The Morgan fingerprint density at radius 2 is 0.913 bits per heavy atom. The molecule has 0 saturated carbocycles. The first-order valence-corrected chi connectivity index (χ1v) is 15.9. The van der Waals surface area contributed by atoms with Gasteiger partial charge >= 0.3 is 0 Å². The van der Waals surface area contributed by atoms with E-state index in [1.807, 2.05) is 0 Å². The first kappa shape index (κ1) is 26.5. The monoisotopic (exact) mass is 588 g/mol. The van der Waals surface area contributed by atoms with Crippen molar-refractivity contribution in [1.82, 2.24) is 9.55 Å². The number of fused-ring (bicyclic) bond motifs is 6. The van der Waals surface area contributed by atoms with E-state index in [1.54, 1.807) is 0 Å². The fourth-order valence-electron chi connectivity index (χ4n) is 7.33. The van der Waals surface area contributed by atoms with E-state index >= 15 is 0 Å². The van der Waals surface area contributed by atoms with Gasteiger partial charge in [0.05, 0.1) is 11.0 Å². The topological polar surface area (TPSA) is 20.7 Å². The number of rotatable bonds is 4. The smallest absolute Gasteiger partial charge is 0.0541 e. The maximum atomic E-state index is 3.54. The second-order valence-corrected chi connectivity index (χ2v) is 12.4. The van der Waals surface area contributed by atoms with E-state index in [4.69, 9.17) is 0 Å². The Morgan fingerprint density at radius 1 is 0.391 bits per heavy atom. The average Bonchev–Trinajstić information content (AvgIpc) is 3.64. The van der Waals surface area contributed by atoms with Crippen molar-refractivity contribution in [3.8, 4) is 39.1 Å². The number of para-hydroxylation sites is 3. The molecular formula is C44H32N2. The van der Waals surface area contributed by atoms with Gasteiger partial charge in [0.1, 0.15) is 0 Å². The van der Waals surface area contributed by atoms with Gasteiger partial charge in [-0.2, -0.15) is 0 Å². The van der Waals surface area contributed by atoms with Crippen LogP contribution in [-0.4, -0.2) is 9.55 Å². The van der Waals surface area contributed by atoms with E-state index in [9.17, 15) is 0 Å². The molecule has 1 N–H and O–H groups in total. The third kappa shape index (κ3) is 4.18. The van der Waals surface area contributed by atoms with Crippen molar-refractivity contribution in [3.63, 3.8) is 0 Å². The molecule has 0 aliphatic carbocycles. The number of nitrogens with zero attached hydrogens (tertiary/aromatic N) is 1. The van der Waals surface area contributed by atoms with Crippen LogP contribution in [0.2, 0.25) is 0 Å². The van der Waals surface area contributed by atoms with Gasteiger partial charge in [-0.25, -0.2) is 0 Å². The maximum Gasteiger partial charge on any atom is 0.0541 e. The van der Waals surface area contributed by atoms with E-state index in [2.05, 4.69) is 175 Å². The van der Waals surface area contributed by atoms with Gasteiger partial charge in [-0.3, -0.25) is 0 Å². The first-order valence-electron chi connectivity index (χ1n) is 15.9. The van der Waals surface area contributed by atoms with E-state index in [0.29, 0.717) is 0 Å². The lowest BCUT2D eigenvalue weighted by atomic mass is 9.91. The molecule has 9 aromatic rings. The van der Waals surface area contributed by atoms with Gasteiger partial charge in [-0.1, -0.05) is 103 Å². The van der Waals surface area contributed by atoms with Gasteiger partial charge in [0.25, 0.3) is 0 Å². The fraction of sp³-hybridized carbons (Fsp3) is 0.0455. The molecule has 46 heavy (non-hydrogen) atoms. The van der Waals surface area contributed by atoms with Crippen LogP contribution in [0.4, 0.5) is 0 Å². The van der Waals surface area contributed by atoms with Crippen LogP contribution in [0, 0.1) is 13.8 Å². The average molecular weight is 589 g/mol. The van der Waals surface area contributed by atoms with E-state index in [0.717, 1.165) is 0 Å². The Kier molecular flexibility index (Phi) is 5.97. The molecule has 9 rings (SSSR count). The molecule has 0 atom stereocenters. The molecule has 0 amide bonds. The summed E-state index contributed by atoms with van der Waals surface area (Å²) in [5.74, 6) is 0. The van der Waals surface area contributed by atoms with Crippen molar-refractivity contribution in [2.75, 3.05) is 0 Å². The molecule has 0 aliphatic rings. The number of benzene rings is 7. The Balaban J connectivity index is 1.08. The zero-order valence-electron chi connectivity index (χ0n) is 25.9. The largest absolute Gasteiger partial charge is 0.355 e. The van der Waals surface area contributed by atoms with Gasteiger partial charge in [0.2, 0.25) is 0 Å². The molecule has 0 spiro atoms. The molecule has 0 bridgehead atoms. The summed E-state index contributed by atoms with van der Waals surface area (Å²) in [6, 6.07) is 55.3. The normalized spacial score (nSPS) is 11.7. The van der Waals surface area contributed by atoms with Crippen molar-refractivity contribution in [3.05, 3.63) is 163 Å². The second-order valence-electron chi connectivity index (χ2n) is 12.4. The molecule has 0 radical (unpaired) electrons. The first-order chi connectivity index (χ1) is 22.6. The van der Waals surface area contributed by atoms with Crippen LogP contribution >= 0.6 is 0 Å². The summed E-state index contributed by atoms with van der Waals surface area (Å²) in [4.78, 5) is 3.54. The standard InChI is InChI=1S/C44H32N2/c1-28-24-30(32-18-22-42-39(26-32)37-12-6-8-14-41(37)45-42)16-20-35(28)36-21-17-31(25-29(36)2)33-19-23-44-40(27-33)38-13-7-9-15-43(38)46(44)34-10-4-3-5-11-34/h3-27,45H,1-2H3. The van der Waals surface area contributed by atoms with Crippen LogP contribution in [0.15, 0.2) is 152 Å². The Hall–Kier alpha value is -5.86. The Morgan fingerprint density at radius 3 is 1.63 bits per heavy atom. The summed E-state index contributed by atoms with van der Waals surface area (Å²) < 4.78 is 2.37. The minimum Gasteiger partial charge on any atom is -0.355 e. The van der Waals surface area contributed by atoms with E-state index < -0.39 is 0 Å². The quantitative estimate of drug-likeness (QED) is 0.211. The number of aromatic amines is 1. The minimum absolute atomic E-state index is 1.18. The molecule has 2 nitrogen and oxygen atoms in total. The van der Waals surface area contributed by atoms with Crippen LogP contribution in [0.1, 0.15) is 11.1 Å². The van der Waals surface area contributed by atoms with E-state index in [1.165, 1.54) is 93.8 Å². The maximum absolute atomic E-state index is 3.54. The summed E-state index contributed by atoms with van der Waals surface area (Å²) >= 11 is 0. The SMILES string of the molecule is Cc1cc(-c2ccc3[nH]c4ccccc4c3c2)ccc1-c1ccc(-c2ccc3c(c2)c2ccccc2n3-c2ccccc2)cc1C. The summed E-state index contributed by atoms with van der Waals surface area (Å²) in [7, 11) is 0. The zero-order chi connectivity index (χ0) is 30.8. The van der Waals surface area contributed by atoms with Crippen molar-refractivity contribution in [1.29, 1.82) is 0 Å². The molecule has 0 fully saturated rings. The predicted octanol–water partition coefficient (Wildman–Crippen LogP) is 12.0. The highest BCUT2D eigenvalue weighted by atomic mass is 15.0. The molecule has 2 aromatic heterocycles. The lowest BCUT2D eigenvalue weighted by molar-refractivity contribution is 1.18. The second kappa shape index (κ2) is 10.4. The molecule has 0 saturated heterocycles. The molecule has 0 aliphatic heterocycles. The van der Waals surface area contributed by atoms with E-state index in [-0.39, 0.29) is 0 Å². The molecule has 7 aromatic carbocycles. The number of hydrogen-bond acceptors (Lipinski definition) is 0. The van der Waals surface area contributed by atoms with Crippen LogP contribution in [0.3, 0.4) is 0 Å². The predicted molar refractivity (Wildman–Crippen MR) is 196 cm³/mol. The molecule has 218 valence electrons. The van der Waals surface area contributed by atoms with Crippen molar-refractivity contribution < 1.29 is 0 Å². The third-order valence-electron chi connectivity index (χ3n) is 9.60. The molecule has 0 unspecified atom stereocenters. The highest BCUT2D eigenvalue weighted by Gasteiger charge is 2.14. The van der Waals surface area contributed by atoms with Crippen molar-refractivity contribution in [2.24, 2.45) is 0 Å². The fourth-order valence-corrected chi connectivity index (χ4v) is 7.33. The van der Waals surface area contributed by atoms with Gasteiger partial charge in [-0.05, 0) is 107 Å². The van der Waals surface area contributed by atoms with Crippen molar-refractivity contribution >= 4 is 43.6 Å². The van der Waals surface area contributed by atoms with Gasteiger partial charge in [0, 0.05) is 38.3 Å². The number of nitrogens with one attached hydrogen (secondary N) is 1. The highest BCUT2D eigenvalue weighted by Crippen LogP contribution is 2.37. The minimum atomic E-state index is 1.18. The zero-order valence-corrected chi connectivity index (χ0v) is 25.9.